The van der Waals surface area contributed by atoms with E-state index in [4.69, 9.17) is 4.74 Å². The summed E-state index contributed by atoms with van der Waals surface area (Å²) >= 11 is 0. The molecule has 0 atom stereocenters. The molecule has 1 saturated heterocycles. The zero-order valence-corrected chi connectivity index (χ0v) is 8.26. The van der Waals surface area contributed by atoms with Crippen molar-refractivity contribution in [3.05, 3.63) is 0 Å². The summed E-state index contributed by atoms with van der Waals surface area (Å²) in [7, 11) is 0. The summed E-state index contributed by atoms with van der Waals surface area (Å²) in [4.78, 5) is 12.6. The SMILES string of the molecule is CCOC(=O)N1CCCC(F)(F)CC1. The lowest BCUT2D eigenvalue weighted by Crippen LogP contribution is -2.33. The molecule has 82 valence electrons. The van der Waals surface area contributed by atoms with E-state index in [-0.39, 0.29) is 26.0 Å². The van der Waals surface area contributed by atoms with Gasteiger partial charge < -0.3 is 9.64 Å². The molecule has 0 saturated carbocycles. The predicted octanol–water partition coefficient (Wildman–Crippen LogP) is 2.26. The van der Waals surface area contributed by atoms with Crippen molar-refractivity contribution in [1.29, 1.82) is 0 Å². The number of carbonyl (C=O) groups is 1. The highest BCUT2D eigenvalue weighted by Gasteiger charge is 2.33. The molecule has 1 aliphatic heterocycles. The van der Waals surface area contributed by atoms with E-state index >= 15 is 0 Å². The van der Waals surface area contributed by atoms with Crippen LogP contribution in [0.1, 0.15) is 26.2 Å². The Bertz CT molecular complexity index is 209. The lowest BCUT2D eigenvalue weighted by molar-refractivity contribution is -0.0128. The number of amides is 1. The van der Waals surface area contributed by atoms with Crippen LogP contribution in [-0.2, 0) is 4.74 Å². The van der Waals surface area contributed by atoms with Gasteiger partial charge in [-0.25, -0.2) is 13.6 Å². The van der Waals surface area contributed by atoms with Gasteiger partial charge in [-0.2, -0.15) is 0 Å². The molecule has 0 aliphatic carbocycles. The number of alkyl halides is 2. The molecule has 0 bridgehead atoms. The molecule has 3 nitrogen and oxygen atoms in total. The Morgan fingerprint density at radius 3 is 2.79 bits per heavy atom. The average molecular weight is 207 g/mol. The first-order chi connectivity index (χ1) is 6.55. The first-order valence-corrected chi connectivity index (χ1v) is 4.85. The van der Waals surface area contributed by atoms with Crippen molar-refractivity contribution in [3.8, 4) is 0 Å². The minimum absolute atomic E-state index is 0.0891. The maximum atomic E-state index is 12.9. The van der Waals surface area contributed by atoms with Crippen LogP contribution in [0.25, 0.3) is 0 Å². The van der Waals surface area contributed by atoms with Crippen molar-refractivity contribution >= 4 is 6.09 Å². The second-order valence-corrected chi connectivity index (χ2v) is 3.40. The van der Waals surface area contributed by atoms with E-state index in [1.165, 1.54) is 4.90 Å². The van der Waals surface area contributed by atoms with Crippen LogP contribution < -0.4 is 0 Å². The van der Waals surface area contributed by atoms with E-state index in [1.54, 1.807) is 6.92 Å². The fraction of sp³-hybridized carbons (Fsp3) is 0.889. The number of rotatable bonds is 1. The smallest absolute Gasteiger partial charge is 0.409 e. The van der Waals surface area contributed by atoms with Crippen LogP contribution in [0.2, 0.25) is 0 Å². The third-order valence-electron chi connectivity index (χ3n) is 2.24. The van der Waals surface area contributed by atoms with Crippen molar-refractivity contribution in [3.63, 3.8) is 0 Å². The van der Waals surface area contributed by atoms with Gasteiger partial charge in [-0.3, -0.25) is 0 Å². The Labute approximate surface area is 82.0 Å². The van der Waals surface area contributed by atoms with Crippen molar-refractivity contribution in [2.45, 2.75) is 32.1 Å². The minimum Gasteiger partial charge on any atom is -0.450 e. The summed E-state index contributed by atoms with van der Waals surface area (Å²) < 4.78 is 30.6. The van der Waals surface area contributed by atoms with E-state index in [9.17, 15) is 13.6 Å². The molecule has 1 aliphatic rings. The maximum absolute atomic E-state index is 12.9. The van der Waals surface area contributed by atoms with Crippen LogP contribution in [0.5, 0.6) is 0 Å². The van der Waals surface area contributed by atoms with Crippen molar-refractivity contribution in [2.75, 3.05) is 19.7 Å². The van der Waals surface area contributed by atoms with Crippen LogP contribution in [0, 0.1) is 0 Å². The first-order valence-electron chi connectivity index (χ1n) is 4.85. The first kappa shape index (κ1) is 11.2. The Balaban J connectivity index is 2.45. The summed E-state index contributed by atoms with van der Waals surface area (Å²) in [5.74, 6) is -2.62. The van der Waals surface area contributed by atoms with Gasteiger partial charge in [0.1, 0.15) is 0 Å². The molecule has 1 fully saturated rings. The number of carbonyl (C=O) groups excluding carboxylic acids is 1. The third-order valence-corrected chi connectivity index (χ3v) is 2.24. The van der Waals surface area contributed by atoms with Crippen molar-refractivity contribution in [2.24, 2.45) is 0 Å². The normalized spacial score (nSPS) is 21.5. The van der Waals surface area contributed by atoms with E-state index in [0.29, 0.717) is 13.0 Å². The number of hydrogen-bond donors (Lipinski definition) is 0. The lowest BCUT2D eigenvalue weighted by Gasteiger charge is -2.19. The Kier molecular flexibility index (Phi) is 3.66. The zero-order valence-electron chi connectivity index (χ0n) is 8.26. The Hall–Kier alpha value is -0.870. The summed E-state index contributed by atoms with van der Waals surface area (Å²) in [6.07, 6.45) is -0.536. The minimum atomic E-state index is -2.62. The molecule has 14 heavy (non-hydrogen) atoms. The fourth-order valence-electron chi connectivity index (χ4n) is 1.46. The van der Waals surface area contributed by atoms with Gasteiger partial charge in [0, 0.05) is 25.9 Å². The van der Waals surface area contributed by atoms with Gasteiger partial charge in [0.2, 0.25) is 5.92 Å². The van der Waals surface area contributed by atoms with Gasteiger partial charge in [0.25, 0.3) is 0 Å². The number of likely N-dealkylation sites (tertiary alicyclic amines) is 1. The molecule has 0 unspecified atom stereocenters. The van der Waals surface area contributed by atoms with E-state index in [1.807, 2.05) is 0 Å². The van der Waals surface area contributed by atoms with Gasteiger partial charge in [-0.05, 0) is 13.3 Å². The number of ether oxygens (including phenoxy) is 1. The van der Waals surface area contributed by atoms with Crippen molar-refractivity contribution in [1.82, 2.24) is 4.90 Å². The highest BCUT2D eigenvalue weighted by Crippen LogP contribution is 2.27. The molecule has 0 N–H and O–H groups in total. The van der Waals surface area contributed by atoms with Crippen LogP contribution >= 0.6 is 0 Å². The summed E-state index contributed by atoms with van der Waals surface area (Å²) in [5.41, 5.74) is 0. The molecule has 0 spiro atoms. The zero-order chi connectivity index (χ0) is 10.6. The molecular weight excluding hydrogens is 192 g/mol. The van der Waals surface area contributed by atoms with Gasteiger partial charge in [0.05, 0.1) is 6.61 Å². The van der Waals surface area contributed by atoms with Crippen LogP contribution in [0.4, 0.5) is 13.6 Å². The molecule has 1 heterocycles. The fourth-order valence-corrected chi connectivity index (χ4v) is 1.46. The average Bonchev–Trinajstić information content (AvgIpc) is 2.27. The van der Waals surface area contributed by atoms with E-state index in [2.05, 4.69) is 0 Å². The second-order valence-electron chi connectivity index (χ2n) is 3.40. The topological polar surface area (TPSA) is 29.5 Å². The molecule has 5 heteroatoms. The molecule has 0 aromatic rings. The quantitative estimate of drug-likeness (QED) is 0.660. The second kappa shape index (κ2) is 4.57. The van der Waals surface area contributed by atoms with E-state index < -0.39 is 12.0 Å². The molecule has 0 aromatic heterocycles. The van der Waals surface area contributed by atoms with Crippen molar-refractivity contribution < 1.29 is 18.3 Å². The highest BCUT2D eigenvalue weighted by atomic mass is 19.3. The molecule has 1 rings (SSSR count). The number of hydrogen-bond acceptors (Lipinski definition) is 2. The Morgan fingerprint density at radius 2 is 2.14 bits per heavy atom. The van der Waals surface area contributed by atoms with E-state index in [0.717, 1.165) is 0 Å². The molecule has 0 aromatic carbocycles. The maximum Gasteiger partial charge on any atom is 0.409 e. The highest BCUT2D eigenvalue weighted by molar-refractivity contribution is 5.67. The standard InChI is InChI=1S/C9H15F2NO2/c1-2-14-8(13)12-6-3-4-9(10,11)5-7-12/h2-7H2,1H3. The molecule has 1 amide bonds. The monoisotopic (exact) mass is 207 g/mol. The summed E-state index contributed by atoms with van der Waals surface area (Å²) in [6, 6.07) is 0. The van der Waals surface area contributed by atoms with Crippen LogP contribution in [0.15, 0.2) is 0 Å². The summed E-state index contributed by atoms with van der Waals surface area (Å²) in [5, 5.41) is 0. The predicted molar refractivity (Wildman–Crippen MR) is 47.4 cm³/mol. The van der Waals surface area contributed by atoms with Gasteiger partial charge in [0.15, 0.2) is 0 Å². The van der Waals surface area contributed by atoms with Gasteiger partial charge in [-0.1, -0.05) is 0 Å². The number of nitrogens with zero attached hydrogens (tertiary/aromatic N) is 1. The Morgan fingerprint density at radius 1 is 1.43 bits per heavy atom. The largest absolute Gasteiger partial charge is 0.450 e. The van der Waals surface area contributed by atoms with Crippen LogP contribution in [0.3, 0.4) is 0 Å². The molecular formula is C9H15F2NO2. The molecule has 0 radical (unpaired) electrons. The third kappa shape index (κ3) is 3.12. The number of halogens is 2. The lowest BCUT2D eigenvalue weighted by atomic mass is 10.1. The van der Waals surface area contributed by atoms with Gasteiger partial charge >= 0.3 is 6.09 Å². The van der Waals surface area contributed by atoms with Crippen LogP contribution in [-0.4, -0.2) is 36.6 Å². The summed E-state index contributed by atoms with van der Waals surface area (Å²) in [6.45, 7) is 2.44. The van der Waals surface area contributed by atoms with Gasteiger partial charge in [-0.15, -0.1) is 0 Å².